The number of aromatic nitrogens is 1. The first kappa shape index (κ1) is 8.23. The summed E-state index contributed by atoms with van der Waals surface area (Å²) in [5, 5.41) is 12.1. The minimum atomic E-state index is 0.165. The highest BCUT2D eigenvalue weighted by molar-refractivity contribution is 4.92. The van der Waals surface area contributed by atoms with Gasteiger partial charge in [0.05, 0.1) is 6.61 Å². The van der Waals surface area contributed by atoms with Crippen LogP contribution in [0.15, 0.2) is 16.9 Å². The molecule has 1 aromatic rings. The van der Waals surface area contributed by atoms with E-state index in [1.807, 2.05) is 0 Å². The molecule has 0 aromatic carbocycles. The first-order valence-corrected chi connectivity index (χ1v) is 3.51. The van der Waals surface area contributed by atoms with Gasteiger partial charge < -0.3 is 14.4 Å². The third-order valence-corrected chi connectivity index (χ3v) is 1.19. The SMILES string of the molecule is OCCCOCc1ccon1. The normalized spacial score (nSPS) is 10.3. The Morgan fingerprint density at radius 2 is 2.55 bits per heavy atom. The number of hydrogen-bond acceptors (Lipinski definition) is 4. The van der Waals surface area contributed by atoms with Crippen LogP contribution in [0, 0.1) is 0 Å². The number of rotatable bonds is 5. The molecule has 0 spiro atoms. The average Bonchev–Trinajstić information content (AvgIpc) is 2.50. The summed E-state index contributed by atoms with van der Waals surface area (Å²) in [4.78, 5) is 0. The van der Waals surface area contributed by atoms with Crippen molar-refractivity contribution >= 4 is 0 Å². The van der Waals surface area contributed by atoms with E-state index in [1.165, 1.54) is 6.26 Å². The van der Waals surface area contributed by atoms with Gasteiger partial charge in [-0.2, -0.15) is 0 Å². The van der Waals surface area contributed by atoms with Gasteiger partial charge in [-0.1, -0.05) is 5.16 Å². The lowest BCUT2D eigenvalue weighted by molar-refractivity contribution is 0.0998. The summed E-state index contributed by atoms with van der Waals surface area (Å²) >= 11 is 0. The van der Waals surface area contributed by atoms with Gasteiger partial charge in [0, 0.05) is 19.3 Å². The van der Waals surface area contributed by atoms with Crippen molar-refractivity contribution in [2.24, 2.45) is 0 Å². The molecule has 0 fully saturated rings. The maximum atomic E-state index is 8.41. The van der Waals surface area contributed by atoms with Crippen LogP contribution in [-0.4, -0.2) is 23.5 Å². The van der Waals surface area contributed by atoms with Crippen molar-refractivity contribution < 1.29 is 14.4 Å². The molecule has 0 amide bonds. The lowest BCUT2D eigenvalue weighted by atomic mass is 10.4. The van der Waals surface area contributed by atoms with Crippen molar-refractivity contribution in [3.63, 3.8) is 0 Å². The van der Waals surface area contributed by atoms with E-state index in [0.29, 0.717) is 19.6 Å². The topological polar surface area (TPSA) is 55.5 Å². The predicted molar refractivity (Wildman–Crippen MR) is 37.9 cm³/mol. The first-order chi connectivity index (χ1) is 5.43. The van der Waals surface area contributed by atoms with Gasteiger partial charge in [-0.3, -0.25) is 0 Å². The van der Waals surface area contributed by atoms with Crippen LogP contribution in [0.25, 0.3) is 0 Å². The fourth-order valence-electron chi connectivity index (χ4n) is 0.655. The van der Waals surface area contributed by atoms with Crippen molar-refractivity contribution in [3.05, 3.63) is 18.0 Å². The lowest BCUT2D eigenvalue weighted by Gasteiger charge is -1.97. The molecule has 0 radical (unpaired) electrons. The Morgan fingerprint density at radius 1 is 1.64 bits per heavy atom. The third kappa shape index (κ3) is 3.15. The molecule has 0 atom stereocenters. The van der Waals surface area contributed by atoms with Crippen molar-refractivity contribution in [1.82, 2.24) is 5.16 Å². The summed E-state index contributed by atoms with van der Waals surface area (Å²) in [7, 11) is 0. The monoisotopic (exact) mass is 157 g/mol. The Hall–Kier alpha value is -0.870. The van der Waals surface area contributed by atoms with Crippen LogP contribution in [0.4, 0.5) is 0 Å². The molecule has 1 N–H and O–H groups in total. The van der Waals surface area contributed by atoms with E-state index in [9.17, 15) is 0 Å². The highest BCUT2D eigenvalue weighted by Gasteiger charge is 1.94. The second-order valence-corrected chi connectivity index (χ2v) is 2.12. The molecule has 0 aliphatic rings. The molecule has 11 heavy (non-hydrogen) atoms. The zero-order chi connectivity index (χ0) is 7.94. The van der Waals surface area contributed by atoms with E-state index in [4.69, 9.17) is 9.84 Å². The summed E-state index contributed by atoms with van der Waals surface area (Å²) in [6.45, 7) is 1.18. The van der Waals surface area contributed by atoms with E-state index in [-0.39, 0.29) is 6.61 Å². The largest absolute Gasteiger partial charge is 0.396 e. The maximum absolute atomic E-state index is 8.41. The second kappa shape index (κ2) is 4.87. The molecule has 1 heterocycles. The van der Waals surface area contributed by atoms with Crippen LogP contribution in [0.5, 0.6) is 0 Å². The van der Waals surface area contributed by atoms with Crippen molar-refractivity contribution in [3.8, 4) is 0 Å². The zero-order valence-corrected chi connectivity index (χ0v) is 6.19. The van der Waals surface area contributed by atoms with Gasteiger partial charge >= 0.3 is 0 Å². The third-order valence-electron chi connectivity index (χ3n) is 1.19. The molecule has 4 nitrogen and oxygen atoms in total. The van der Waals surface area contributed by atoms with E-state index in [0.717, 1.165) is 5.69 Å². The minimum Gasteiger partial charge on any atom is -0.396 e. The summed E-state index contributed by atoms with van der Waals surface area (Å²) in [6, 6.07) is 1.75. The number of aliphatic hydroxyl groups excluding tert-OH is 1. The van der Waals surface area contributed by atoms with E-state index in [2.05, 4.69) is 9.68 Å². The summed E-state index contributed by atoms with van der Waals surface area (Å²) in [5.41, 5.74) is 0.780. The van der Waals surface area contributed by atoms with Gasteiger partial charge in [0.25, 0.3) is 0 Å². The molecule has 0 aliphatic carbocycles. The van der Waals surface area contributed by atoms with Gasteiger partial charge in [0.15, 0.2) is 0 Å². The molecule has 4 heteroatoms. The molecule has 0 unspecified atom stereocenters. The van der Waals surface area contributed by atoms with E-state index >= 15 is 0 Å². The Kier molecular flexibility index (Phi) is 3.64. The highest BCUT2D eigenvalue weighted by Crippen LogP contribution is 1.96. The molecule has 1 rings (SSSR count). The zero-order valence-electron chi connectivity index (χ0n) is 6.19. The number of hydrogen-bond donors (Lipinski definition) is 1. The molecule has 1 aromatic heterocycles. The molecule has 0 saturated carbocycles. The number of aliphatic hydroxyl groups is 1. The Labute approximate surface area is 64.8 Å². The second-order valence-electron chi connectivity index (χ2n) is 2.12. The van der Waals surface area contributed by atoms with Gasteiger partial charge in [-0.15, -0.1) is 0 Å². The molecule has 0 saturated heterocycles. The van der Waals surface area contributed by atoms with Crippen LogP contribution < -0.4 is 0 Å². The van der Waals surface area contributed by atoms with Crippen molar-refractivity contribution in [1.29, 1.82) is 0 Å². The standard InChI is InChI=1S/C7H11NO3/c9-3-1-4-10-6-7-2-5-11-8-7/h2,5,9H,1,3-4,6H2. The van der Waals surface area contributed by atoms with E-state index in [1.54, 1.807) is 6.07 Å². The quantitative estimate of drug-likeness (QED) is 0.635. The highest BCUT2D eigenvalue weighted by atomic mass is 16.5. The number of ether oxygens (including phenoxy) is 1. The molecule has 0 bridgehead atoms. The van der Waals surface area contributed by atoms with Crippen molar-refractivity contribution in [2.45, 2.75) is 13.0 Å². The van der Waals surface area contributed by atoms with Gasteiger partial charge in [0.1, 0.15) is 12.0 Å². The van der Waals surface area contributed by atoms with Crippen LogP contribution >= 0.6 is 0 Å². The Balaban J connectivity index is 2.04. The van der Waals surface area contributed by atoms with Gasteiger partial charge in [-0.05, 0) is 6.42 Å². The minimum absolute atomic E-state index is 0.165. The summed E-state index contributed by atoms with van der Waals surface area (Å²) in [5.74, 6) is 0. The molecule has 0 aliphatic heterocycles. The Morgan fingerprint density at radius 3 is 3.18 bits per heavy atom. The Bertz CT molecular complexity index is 174. The fraction of sp³-hybridized carbons (Fsp3) is 0.571. The molecule has 62 valence electrons. The van der Waals surface area contributed by atoms with Crippen molar-refractivity contribution in [2.75, 3.05) is 13.2 Å². The molecular weight excluding hydrogens is 146 g/mol. The summed E-state index contributed by atoms with van der Waals surface area (Å²) in [6.07, 6.45) is 2.17. The first-order valence-electron chi connectivity index (χ1n) is 3.51. The molecular formula is C7H11NO3. The lowest BCUT2D eigenvalue weighted by Crippen LogP contribution is -1.97. The number of nitrogens with zero attached hydrogens (tertiary/aromatic N) is 1. The van der Waals surface area contributed by atoms with Crippen LogP contribution in [-0.2, 0) is 11.3 Å². The van der Waals surface area contributed by atoms with E-state index < -0.39 is 0 Å². The van der Waals surface area contributed by atoms with Crippen LogP contribution in [0.3, 0.4) is 0 Å². The average molecular weight is 157 g/mol. The van der Waals surface area contributed by atoms with Gasteiger partial charge in [-0.25, -0.2) is 0 Å². The fourth-order valence-corrected chi connectivity index (χ4v) is 0.655. The van der Waals surface area contributed by atoms with Gasteiger partial charge in [0.2, 0.25) is 0 Å². The summed E-state index contributed by atoms with van der Waals surface area (Å²) < 4.78 is 9.73. The smallest absolute Gasteiger partial charge is 0.124 e. The predicted octanol–water partition coefficient (Wildman–Crippen LogP) is 0.574. The van der Waals surface area contributed by atoms with Crippen LogP contribution in [0.2, 0.25) is 0 Å². The maximum Gasteiger partial charge on any atom is 0.124 e. The van der Waals surface area contributed by atoms with Crippen LogP contribution in [0.1, 0.15) is 12.1 Å².